The van der Waals surface area contributed by atoms with Gasteiger partial charge in [0.1, 0.15) is 25.3 Å². The molecule has 1 aromatic heterocycles. The second-order valence-electron chi connectivity index (χ2n) is 6.29. The second-order valence-corrected chi connectivity index (χ2v) is 6.29. The monoisotopic (exact) mass is 397 g/mol. The van der Waals surface area contributed by atoms with E-state index in [-0.39, 0.29) is 0 Å². The first kappa shape index (κ1) is 19.2. The van der Waals surface area contributed by atoms with Crippen LogP contribution in [0, 0.1) is 0 Å². The Labute approximate surface area is 168 Å². The minimum atomic E-state index is 0.400. The average molecular weight is 397 g/mol. The fourth-order valence-corrected chi connectivity index (χ4v) is 2.89. The van der Waals surface area contributed by atoms with Gasteiger partial charge in [-0.05, 0) is 30.3 Å². The lowest BCUT2D eigenvalue weighted by Crippen LogP contribution is -2.15. The van der Waals surface area contributed by atoms with Gasteiger partial charge in [-0.3, -0.25) is 0 Å². The summed E-state index contributed by atoms with van der Waals surface area (Å²) in [6.07, 6.45) is 1.47. The normalized spacial score (nSPS) is 15.2. The maximum atomic E-state index is 6.00. The molecule has 0 saturated heterocycles. The Bertz CT molecular complexity index is 949. The van der Waals surface area contributed by atoms with Gasteiger partial charge in [-0.1, -0.05) is 0 Å². The number of aromatic nitrogens is 2. The standard InChI is InChI=1S/C21H23N3O5/c1-22-15-2-4-16(5-3-15)29-21-17-12-19-20(13-18(17)23-14-24-21)28-11-9-26-7-6-25-8-10-27-19/h2-5,12-14,22H,6-11H2,1H3. The maximum absolute atomic E-state index is 6.00. The van der Waals surface area contributed by atoms with E-state index in [0.29, 0.717) is 68.3 Å². The van der Waals surface area contributed by atoms with Crippen molar-refractivity contribution >= 4 is 16.6 Å². The van der Waals surface area contributed by atoms with Crippen LogP contribution in [0.4, 0.5) is 5.69 Å². The first-order valence-corrected chi connectivity index (χ1v) is 9.49. The maximum Gasteiger partial charge on any atom is 0.230 e. The number of benzene rings is 2. The zero-order valence-electron chi connectivity index (χ0n) is 16.2. The fourth-order valence-electron chi connectivity index (χ4n) is 2.89. The Hall–Kier alpha value is -3.10. The predicted octanol–water partition coefficient (Wildman–Crippen LogP) is 3.27. The van der Waals surface area contributed by atoms with E-state index in [9.17, 15) is 0 Å². The summed E-state index contributed by atoms with van der Waals surface area (Å²) in [5.74, 6) is 2.32. The molecule has 29 heavy (non-hydrogen) atoms. The smallest absolute Gasteiger partial charge is 0.230 e. The van der Waals surface area contributed by atoms with Crippen molar-refractivity contribution in [3.63, 3.8) is 0 Å². The Morgan fingerprint density at radius 2 is 1.48 bits per heavy atom. The van der Waals surface area contributed by atoms with Crippen LogP contribution in [-0.4, -0.2) is 56.7 Å². The molecule has 0 aliphatic carbocycles. The van der Waals surface area contributed by atoms with Crippen molar-refractivity contribution in [3.05, 3.63) is 42.7 Å². The molecule has 2 heterocycles. The zero-order valence-corrected chi connectivity index (χ0v) is 16.2. The van der Waals surface area contributed by atoms with Crippen molar-refractivity contribution in [3.8, 4) is 23.1 Å². The second kappa shape index (κ2) is 9.40. The third-order valence-corrected chi connectivity index (χ3v) is 4.36. The highest BCUT2D eigenvalue weighted by molar-refractivity contribution is 5.87. The Morgan fingerprint density at radius 3 is 2.17 bits per heavy atom. The highest BCUT2D eigenvalue weighted by Gasteiger charge is 2.14. The van der Waals surface area contributed by atoms with Crippen LogP contribution in [0.25, 0.3) is 10.9 Å². The molecule has 1 aliphatic rings. The molecule has 8 nitrogen and oxygen atoms in total. The molecule has 0 saturated carbocycles. The molecule has 0 bridgehead atoms. The topological polar surface area (TPSA) is 84.0 Å². The lowest BCUT2D eigenvalue weighted by molar-refractivity contribution is 0.0224. The number of nitrogens with zero attached hydrogens (tertiary/aromatic N) is 2. The van der Waals surface area contributed by atoms with Gasteiger partial charge in [0.2, 0.25) is 5.88 Å². The van der Waals surface area contributed by atoms with Crippen LogP contribution in [0.2, 0.25) is 0 Å². The van der Waals surface area contributed by atoms with Gasteiger partial charge in [-0.2, -0.15) is 0 Å². The van der Waals surface area contributed by atoms with Gasteiger partial charge in [0, 0.05) is 18.8 Å². The lowest BCUT2D eigenvalue weighted by atomic mass is 10.2. The average Bonchev–Trinajstić information content (AvgIpc) is 2.74. The van der Waals surface area contributed by atoms with Gasteiger partial charge in [0.25, 0.3) is 0 Å². The van der Waals surface area contributed by atoms with E-state index in [4.69, 9.17) is 23.7 Å². The molecule has 0 spiro atoms. The molecule has 4 rings (SSSR count). The van der Waals surface area contributed by atoms with Crippen LogP contribution in [0.3, 0.4) is 0 Å². The van der Waals surface area contributed by atoms with E-state index >= 15 is 0 Å². The molecule has 2 aromatic carbocycles. The first-order valence-electron chi connectivity index (χ1n) is 9.49. The van der Waals surface area contributed by atoms with E-state index < -0.39 is 0 Å². The van der Waals surface area contributed by atoms with Gasteiger partial charge in [-0.15, -0.1) is 0 Å². The molecular weight excluding hydrogens is 374 g/mol. The summed E-state index contributed by atoms with van der Waals surface area (Å²) in [6, 6.07) is 11.3. The van der Waals surface area contributed by atoms with Crippen molar-refractivity contribution in [2.24, 2.45) is 0 Å². The summed E-state index contributed by atoms with van der Waals surface area (Å²) in [6.45, 7) is 2.82. The molecule has 0 fully saturated rings. The van der Waals surface area contributed by atoms with Crippen LogP contribution in [0.15, 0.2) is 42.7 Å². The molecule has 1 aliphatic heterocycles. The summed E-state index contributed by atoms with van der Waals surface area (Å²) in [5, 5.41) is 3.81. The minimum absolute atomic E-state index is 0.400. The van der Waals surface area contributed by atoms with E-state index in [1.54, 1.807) is 0 Å². The minimum Gasteiger partial charge on any atom is -0.487 e. The van der Waals surface area contributed by atoms with Crippen molar-refractivity contribution in [2.75, 3.05) is 52.0 Å². The third-order valence-electron chi connectivity index (χ3n) is 4.36. The van der Waals surface area contributed by atoms with Crippen molar-refractivity contribution in [2.45, 2.75) is 0 Å². The molecule has 0 atom stereocenters. The molecule has 3 aromatic rings. The quantitative estimate of drug-likeness (QED) is 0.721. The third kappa shape index (κ3) is 4.85. The van der Waals surface area contributed by atoms with Crippen LogP contribution in [-0.2, 0) is 9.47 Å². The summed E-state index contributed by atoms with van der Waals surface area (Å²) in [7, 11) is 1.87. The van der Waals surface area contributed by atoms with Gasteiger partial charge in [0.05, 0.1) is 37.3 Å². The Morgan fingerprint density at radius 1 is 0.828 bits per heavy atom. The predicted molar refractivity (Wildman–Crippen MR) is 108 cm³/mol. The van der Waals surface area contributed by atoms with E-state index in [2.05, 4.69) is 15.3 Å². The first-order chi connectivity index (χ1) is 14.3. The van der Waals surface area contributed by atoms with Crippen LogP contribution >= 0.6 is 0 Å². The molecule has 0 unspecified atom stereocenters. The number of hydrogen-bond donors (Lipinski definition) is 1. The number of fused-ring (bicyclic) bond motifs is 2. The number of nitrogens with one attached hydrogen (secondary N) is 1. The van der Waals surface area contributed by atoms with Crippen molar-refractivity contribution in [1.82, 2.24) is 9.97 Å². The molecule has 8 heteroatoms. The highest BCUT2D eigenvalue weighted by Crippen LogP contribution is 2.36. The van der Waals surface area contributed by atoms with Gasteiger partial charge >= 0.3 is 0 Å². The van der Waals surface area contributed by atoms with Gasteiger partial charge in [0.15, 0.2) is 11.5 Å². The number of hydrogen-bond acceptors (Lipinski definition) is 8. The molecule has 0 amide bonds. The summed E-state index contributed by atoms with van der Waals surface area (Å²) in [5.41, 5.74) is 1.70. The van der Waals surface area contributed by atoms with E-state index in [0.717, 1.165) is 11.1 Å². The number of rotatable bonds is 3. The summed E-state index contributed by atoms with van der Waals surface area (Å²) in [4.78, 5) is 8.66. The molecule has 1 N–H and O–H groups in total. The Kier molecular flexibility index (Phi) is 6.23. The van der Waals surface area contributed by atoms with Crippen LogP contribution in [0.5, 0.6) is 23.1 Å². The molecular formula is C21H23N3O5. The highest BCUT2D eigenvalue weighted by atomic mass is 16.6. The number of anilines is 1. The summed E-state index contributed by atoms with van der Waals surface area (Å²) >= 11 is 0. The largest absolute Gasteiger partial charge is 0.487 e. The van der Waals surface area contributed by atoms with Crippen molar-refractivity contribution in [1.29, 1.82) is 0 Å². The van der Waals surface area contributed by atoms with Crippen molar-refractivity contribution < 1.29 is 23.7 Å². The Balaban J connectivity index is 1.64. The zero-order chi connectivity index (χ0) is 19.9. The number of ether oxygens (including phenoxy) is 5. The molecule has 152 valence electrons. The summed E-state index contributed by atoms with van der Waals surface area (Å²) < 4.78 is 28.7. The SMILES string of the molecule is CNc1ccc(Oc2ncnc3cc4c(cc23)OCCOCCOCCO4)cc1. The van der Waals surface area contributed by atoms with E-state index in [1.165, 1.54) is 6.33 Å². The van der Waals surface area contributed by atoms with Crippen LogP contribution < -0.4 is 19.5 Å². The lowest BCUT2D eigenvalue weighted by Gasteiger charge is -2.16. The van der Waals surface area contributed by atoms with Gasteiger partial charge in [-0.25, -0.2) is 9.97 Å². The molecule has 0 radical (unpaired) electrons. The fraction of sp³-hybridized carbons (Fsp3) is 0.333. The van der Waals surface area contributed by atoms with Gasteiger partial charge < -0.3 is 29.0 Å². The van der Waals surface area contributed by atoms with E-state index in [1.807, 2.05) is 43.4 Å². The van der Waals surface area contributed by atoms with Crippen LogP contribution in [0.1, 0.15) is 0 Å².